The van der Waals surface area contributed by atoms with E-state index in [4.69, 9.17) is 9.90 Å². The van der Waals surface area contributed by atoms with E-state index in [1.807, 2.05) is 0 Å². The maximum absolute atomic E-state index is 13.7. The van der Waals surface area contributed by atoms with Crippen LogP contribution in [-0.4, -0.2) is 78.8 Å². The van der Waals surface area contributed by atoms with Gasteiger partial charge in [0.2, 0.25) is 0 Å². The van der Waals surface area contributed by atoms with Crippen molar-refractivity contribution in [2.75, 3.05) is 44.7 Å². The smallest absolute Gasteiger partial charge is 0.475 e. The summed E-state index contributed by atoms with van der Waals surface area (Å²) in [6.07, 6.45) is -7.36. The molecule has 1 aliphatic carbocycles. The molecule has 3 N–H and O–H groups in total. The lowest BCUT2D eigenvalue weighted by Crippen LogP contribution is -2.52. The van der Waals surface area contributed by atoms with Gasteiger partial charge in [-0.05, 0) is 24.8 Å². The van der Waals surface area contributed by atoms with Crippen molar-refractivity contribution in [1.82, 2.24) is 20.5 Å². The minimum Gasteiger partial charge on any atom is -0.475 e. The van der Waals surface area contributed by atoms with Crippen LogP contribution in [0.5, 0.6) is 0 Å². The van der Waals surface area contributed by atoms with Crippen LogP contribution >= 0.6 is 11.3 Å². The van der Waals surface area contributed by atoms with E-state index in [2.05, 4.69) is 15.6 Å². The normalized spacial score (nSPS) is 16.2. The number of alkyl halides is 6. The molecule has 0 atom stereocenters. The van der Waals surface area contributed by atoms with E-state index in [1.165, 1.54) is 12.4 Å². The number of carbonyl (C=O) groups is 3. The molecule has 0 aromatic carbocycles. The van der Waals surface area contributed by atoms with E-state index in [1.54, 1.807) is 9.80 Å². The van der Waals surface area contributed by atoms with E-state index in [9.17, 15) is 35.9 Å². The van der Waals surface area contributed by atoms with E-state index in [0.717, 1.165) is 30.2 Å². The van der Waals surface area contributed by atoms with Gasteiger partial charge in [0.15, 0.2) is 0 Å². The second kappa shape index (κ2) is 11.0. The number of nitrogens with zero attached hydrogens (tertiary/aromatic N) is 3. The van der Waals surface area contributed by atoms with E-state index in [0.29, 0.717) is 38.6 Å². The van der Waals surface area contributed by atoms with E-state index in [-0.39, 0.29) is 27.6 Å². The first-order valence-corrected chi connectivity index (χ1v) is 11.9. The number of thiophene rings is 1. The van der Waals surface area contributed by atoms with Crippen molar-refractivity contribution in [3.8, 4) is 0 Å². The number of carbonyl (C=O) groups excluding carboxylic acids is 2. The Bertz CT molecular complexity index is 1160. The molecule has 0 bridgehead atoms. The Morgan fingerprint density at radius 2 is 1.70 bits per heavy atom. The van der Waals surface area contributed by atoms with Crippen molar-refractivity contribution < 1.29 is 45.8 Å². The number of hydrogen-bond acceptors (Lipinski definition) is 6. The third-order valence-electron chi connectivity index (χ3n) is 5.66. The molecule has 37 heavy (non-hydrogen) atoms. The number of rotatable bonds is 4. The number of carboxylic acids is 1. The van der Waals surface area contributed by atoms with Gasteiger partial charge in [-0.25, -0.2) is 14.6 Å². The van der Waals surface area contributed by atoms with Crippen LogP contribution in [0.3, 0.4) is 0 Å². The summed E-state index contributed by atoms with van der Waals surface area (Å²) in [4.78, 5) is 41.0. The fourth-order valence-corrected chi connectivity index (χ4v) is 4.49. The standard InChI is InChI=1S/C19H22F3N5O2S.C2HF3O2/c1-23-17(28)12-10-30-16-13(19(20,21)22)8-14(25-15(12)16)26-4-6-27(7-5-26)18(29)24-9-11-2-3-11;3-2(4,5)1(6)7/h8,10-11H,2-7,9H2,1H3,(H,23,28)(H,24,29);(H,6,7). The summed E-state index contributed by atoms with van der Waals surface area (Å²) >= 11 is 0.861. The zero-order chi connectivity index (χ0) is 27.5. The van der Waals surface area contributed by atoms with Crippen LogP contribution in [0.4, 0.5) is 37.0 Å². The van der Waals surface area contributed by atoms with Gasteiger partial charge >= 0.3 is 24.4 Å². The molecule has 2 aromatic heterocycles. The molecule has 2 aromatic rings. The Morgan fingerprint density at radius 1 is 1.11 bits per heavy atom. The average Bonchev–Trinajstić information content (AvgIpc) is 3.57. The first kappa shape index (κ1) is 28.3. The number of amides is 3. The predicted molar refractivity (Wildman–Crippen MR) is 122 cm³/mol. The molecule has 2 aliphatic rings. The third kappa shape index (κ3) is 7.14. The lowest BCUT2D eigenvalue weighted by atomic mass is 10.1. The number of carboxylic acid groups (broad SMARTS) is 1. The Balaban J connectivity index is 0.000000479. The molecule has 3 heterocycles. The summed E-state index contributed by atoms with van der Waals surface area (Å²) < 4.78 is 72.7. The molecule has 4 rings (SSSR count). The van der Waals surface area contributed by atoms with Crippen LogP contribution in [-0.2, 0) is 11.0 Å². The highest BCUT2D eigenvalue weighted by atomic mass is 32.1. The quantitative estimate of drug-likeness (QED) is 0.498. The summed E-state index contributed by atoms with van der Waals surface area (Å²) in [5, 5.41) is 13.9. The summed E-state index contributed by atoms with van der Waals surface area (Å²) in [5.41, 5.74) is -0.621. The lowest BCUT2D eigenvalue weighted by molar-refractivity contribution is -0.192. The number of halogens is 6. The minimum atomic E-state index is -5.08. The third-order valence-corrected chi connectivity index (χ3v) is 6.66. The fraction of sp³-hybridized carbons (Fsp3) is 0.524. The van der Waals surface area contributed by atoms with Crippen molar-refractivity contribution in [3.63, 3.8) is 0 Å². The number of urea groups is 1. The van der Waals surface area contributed by atoms with Crippen LogP contribution in [0.1, 0.15) is 28.8 Å². The monoisotopic (exact) mass is 555 g/mol. The highest BCUT2D eigenvalue weighted by molar-refractivity contribution is 7.17. The Morgan fingerprint density at radius 3 is 2.19 bits per heavy atom. The summed E-state index contributed by atoms with van der Waals surface area (Å²) in [7, 11) is 1.42. The van der Waals surface area contributed by atoms with Crippen molar-refractivity contribution in [2.24, 2.45) is 5.92 Å². The Labute approximate surface area is 210 Å². The van der Waals surface area contributed by atoms with Gasteiger partial charge in [-0.3, -0.25) is 4.79 Å². The molecule has 1 saturated carbocycles. The number of piperazine rings is 1. The maximum atomic E-state index is 13.7. The molecule has 1 aliphatic heterocycles. The highest BCUT2D eigenvalue weighted by Gasteiger charge is 2.38. The van der Waals surface area contributed by atoms with Crippen molar-refractivity contribution in [2.45, 2.75) is 25.2 Å². The number of aromatic nitrogens is 1. The SMILES string of the molecule is CNC(=O)c1csc2c(C(F)(F)F)cc(N3CCN(C(=O)NCC4CC4)CC3)nc12.O=C(O)C(F)(F)F. The molecule has 2 fully saturated rings. The number of anilines is 1. The van der Waals surface area contributed by atoms with Crippen molar-refractivity contribution in [3.05, 3.63) is 22.6 Å². The van der Waals surface area contributed by atoms with Gasteiger partial charge in [-0.1, -0.05) is 0 Å². The molecule has 0 radical (unpaired) electrons. The van der Waals surface area contributed by atoms with Gasteiger partial charge in [-0.15, -0.1) is 11.3 Å². The number of nitrogens with one attached hydrogen (secondary N) is 2. The molecular weight excluding hydrogens is 532 g/mol. The zero-order valence-corrected chi connectivity index (χ0v) is 20.2. The molecule has 3 amide bonds. The van der Waals surface area contributed by atoms with E-state index < -0.39 is 29.8 Å². The number of aliphatic carboxylic acids is 1. The van der Waals surface area contributed by atoms with Crippen LogP contribution < -0.4 is 15.5 Å². The largest absolute Gasteiger partial charge is 0.490 e. The van der Waals surface area contributed by atoms with Gasteiger partial charge in [0.25, 0.3) is 5.91 Å². The predicted octanol–water partition coefficient (Wildman–Crippen LogP) is 3.55. The first-order valence-electron chi connectivity index (χ1n) is 11.0. The zero-order valence-electron chi connectivity index (χ0n) is 19.4. The molecule has 9 nitrogen and oxygen atoms in total. The summed E-state index contributed by atoms with van der Waals surface area (Å²) in [5.74, 6) is -2.49. The Kier molecular flexibility index (Phi) is 8.39. The van der Waals surface area contributed by atoms with Gasteiger partial charge in [0.05, 0.1) is 21.3 Å². The summed E-state index contributed by atoms with van der Waals surface area (Å²) in [6.45, 7) is 2.19. The van der Waals surface area contributed by atoms with E-state index >= 15 is 0 Å². The van der Waals surface area contributed by atoms with Gasteiger partial charge in [0.1, 0.15) is 5.82 Å². The lowest BCUT2D eigenvalue weighted by Gasteiger charge is -2.35. The molecule has 0 unspecified atom stereocenters. The van der Waals surface area contributed by atoms with Gasteiger partial charge < -0.3 is 25.5 Å². The van der Waals surface area contributed by atoms with Crippen LogP contribution in [0.15, 0.2) is 11.4 Å². The highest BCUT2D eigenvalue weighted by Crippen LogP contribution is 2.40. The van der Waals surface area contributed by atoms with Crippen LogP contribution in [0, 0.1) is 5.92 Å². The second-order valence-electron chi connectivity index (χ2n) is 8.34. The fourth-order valence-electron chi connectivity index (χ4n) is 3.47. The van der Waals surface area contributed by atoms with Gasteiger partial charge in [0, 0.05) is 45.2 Å². The average molecular weight is 556 g/mol. The van der Waals surface area contributed by atoms with Crippen LogP contribution in [0.2, 0.25) is 0 Å². The van der Waals surface area contributed by atoms with Crippen molar-refractivity contribution in [1.29, 1.82) is 0 Å². The minimum absolute atomic E-state index is 0.0498. The van der Waals surface area contributed by atoms with Gasteiger partial charge in [-0.2, -0.15) is 26.3 Å². The number of fused-ring (bicyclic) bond motifs is 1. The Hall–Kier alpha value is -3.30. The van der Waals surface area contributed by atoms with Crippen molar-refractivity contribution >= 4 is 45.3 Å². The van der Waals surface area contributed by atoms with Crippen LogP contribution in [0.25, 0.3) is 10.2 Å². The molecule has 1 saturated heterocycles. The first-order chi connectivity index (χ1) is 17.2. The molecule has 16 heteroatoms. The number of hydrogen-bond donors (Lipinski definition) is 3. The molecule has 0 spiro atoms. The maximum Gasteiger partial charge on any atom is 0.490 e. The second-order valence-corrected chi connectivity index (χ2v) is 9.22. The number of pyridine rings is 1. The molecular formula is C21H23F6N5O4S. The molecule has 204 valence electrons. The summed E-state index contributed by atoms with van der Waals surface area (Å²) in [6, 6.07) is 0.899. The topological polar surface area (TPSA) is 115 Å².